The molecule has 1 aliphatic rings. The highest BCUT2D eigenvalue weighted by atomic mass is 16.5. The van der Waals surface area contributed by atoms with Crippen molar-refractivity contribution in [3.05, 3.63) is 65.4 Å². The minimum absolute atomic E-state index is 0.272. The maximum absolute atomic E-state index is 11.7. The molecule has 1 heterocycles. The van der Waals surface area contributed by atoms with E-state index in [9.17, 15) is 4.79 Å². The summed E-state index contributed by atoms with van der Waals surface area (Å²) < 4.78 is 5.79. The first-order valence-corrected chi connectivity index (χ1v) is 7.65. The molecule has 3 rings (SSSR count). The van der Waals surface area contributed by atoms with Crippen molar-refractivity contribution in [2.75, 3.05) is 11.1 Å². The summed E-state index contributed by atoms with van der Waals surface area (Å²) in [4.78, 5) is 16.0. The maximum Gasteiger partial charge on any atom is 0.295 e. The highest BCUT2D eigenvalue weighted by molar-refractivity contribution is 5.97. The molecule has 0 saturated heterocycles. The third-order valence-electron chi connectivity index (χ3n) is 4.04. The molecule has 0 aromatic heterocycles. The summed E-state index contributed by atoms with van der Waals surface area (Å²) in [5.41, 5.74) is 8.82. The summed E-state index contributed by atoms with van der Waals surface area (Å²) >= 11 is 0. The lowest BCUT2D eigenvalue weighted by Gasteiger charge is -2.34. The third kappa shape index (κ3) is 2.88. The van der Waals surface area contributed by atoms with Crippen LogP contribution >= 0.6 is 0 Å². The predicted octanol–water partition coefficient (Wildman–Crippen LogP) is 3.46. The second-order valence-corrected chi connectivity index (χ2v) is 5.81. The molecule has 0 amide bonds. The molecule has 0 fully saturated rings. The second-order valence-electron chi connectivity index (χ2n) is 5.81. The molecule has 0 bridgehead atoms. The lowest BCUT2D eigenvalue weighted by Crippen LogP contribution is -2.40. The van der Waals surface area contributed by atoms with Crippen LogP contribution in [0.25, 0.3) is 6.08 Å². The van der Waals surface area contributed by atoms with Crippen LogP contribution in [0.3, 0.4) is 0 Å². The minimum atomic E-state index is -1.13. The number of nitrogens with two attached hydrogens (primary N) is 1. The molecule has 1 aliphatic heterocycles. The number of hydrogen-bond donors (Lipinski definition) is 2. The van der Waals surface area contributed by atoms with Crippen LogP contribution in [0.5, 0.6) is 0 Å². The van der Waals surface area contributed by atoms with Gasteiger partial charge in [0.2, 0.25) is 0 Å². The number of fused-ring (bicyclic) bond motifs is 1. The molecule has 1 atom stereocenters. The summed E-state index contributed by atoms with van der Waals surface area (Å²) in [7, 11) is 0. The molecule has 122 valence electrons. The summed E-state index contributed by atoms with van der Waals surface area (Å²) in [6.07, 6.45) is 4.27. The molecule has 0 aliphatic carbocycles. The van der Waals surface area contributed by atoms with Crippen molar-refractivity contribution < 1.29 is 9.53 Å². The van der Waals surface area contributed by atoms with E-state index in [1.807, 2.05) is 49.4 Å². The van der Waals surface area contributed by atoms with Gasteiger partial charge < -0.3 is 15.8 Å². The minimum Gasteiger partial charge on any atom is -0.446 e. The van der Waals surface area contributed by atoms with Crippen LogP contribution < -0.4 is 11.1 Å². The molecule has 1 unspecified atom stereocenters. The van der Waals surface area contributed by atoms with Gasteiger partial charge in [-0.15, -0.1) is 0 Å². The largest absolute Gasteiger partial charge is 0.446 e. The number of nitrogens with zero attached hydrogens (tertiary/aromatic N) is 1. The molecule has 2 aromatic rings. The van der Waals surface area contributed by atoms with Gasteiger partial charge in [0.1, 0.15) is 0 Å². The number of aliphatic imine (C=N–C) groups is 1. The van der Waals surface area contributed by atoms with Crippen LogP contribution in [0.15, 0.2) is 53.7 Å². The van der Waals surface area contributed by atoms with Crippen molar-refractivity contribution in [2.24, 2.45) is 4.99 Å². The molecule has 3 N–H and O–H groups in total. The number of rotatable bonds is 3. The normalized spacial score (nSPS) is 21.2. The Morgan fingerprint density at radius 3 is 2.67 bits per heavy atom. The quantitative estimate of drug-likeness (QED) is 0.670. The first kappa shape index (κ1) is 15.8. The van der Waals surface area contributed by atoms with E-state index in [1.54, 1.807) is 19.2 Å². The molecular weight excluding hydrogens is 302 g/mol. The fourth-order valence-corrected chi connectivity index (χ4v) is 2.76. The fraction of sp³-hybridized carbons (Fsp3) is 0.158. The average molecular weight is 321 g/mol. The summed E-state index contributed by atoms with van der Waals surface area (Å²) in [6, 6.07) is 13.7. The van der Waals surface area contributed by atoms with Gasteiger partial charge in [0.05, 0.1) is 5.69 Å². The monoisotopic (exact) mass is 321 g/mol. The number of nitrogens with one attached hydrogen (secondary N) is 1. The summed E-state index contributed by atoms with van der Waals surface area (Å²) in [5.74, 6) is 0. The van der Waals surface area contributed by atoms with E-state index in [0.717, 1.165) is 28.7 Å². The lowest BCUT2D eigenvalue weighted by molar-refractivity contribution is -0.122. The molecule has 5 heteroatoms. The number of aldehydes is 1. The van der Waals surface area contributed by atoms with Gasteiger partial charge in [-0.05, 0) is 43.2 Å². The van der Waals surface area contributed by atoms with E-state index in [-0.39, 0.29) is 6.02 Å². The van der Waals surface area contributed by atoms with E-state index >= 15 is 0 Å². The van der Waals surface area contributed by atoms with Gasteiger partial charge in [0.25, 0.3) is 6.02 Å². The Bertz CT molecular complexity index is 828. The van der Waals surface area contributed by atoms with Crippen molar-refractivity contribution >= 4 is 29.8 Å². The van der Waals surface area contributed by atoms with Gasteiger partial charge in [-0.1, -0.05) is 30.3 Å². The van der Waals surface area contributed by atoms with Crippen LogP contribution in [-0.2, 0) is 15.1 Å². The van der Waals surface area contributed by atoms with Crippen LogP contribution in [0.2, 0.25) is 0 Å². The molecule has 5 nitrogen and oxygen atoms in total. The van der Waals surface area contributed by atoms with Gasteiger partial charge in [0, 0.05) is 17.5 Å². The SMILES string of the molecule is Cc1c(N)ccc2c1C(C)(C=O)OC(=NC=Cc1ccccc1)N2. The second kappa shape index (κ2) is 6.20. The van der Waals surface area contributed by atoms with E-state index in [4.69, 9.17) is 10.5 Å². The topological polar surface area (TPSA) is 76.7 Å². The Hall–Kier alpha value is -3.08. The fourth-order valence-electron chi connectivity index (χ4n) is 2.76. The lowest BCUT2D eigenvalue weighted by atomic mass is 9.89. The zero-order valence-corrected chi connectivity index (χ0v) is 13.6. The van der Waals surface area contributed by atoms with Gasteiger partial charge in [-0.2, -0.15) is 0 Å². The smallest absolute Gasteiger partial charge is 0.295 e. The Morgan fingerprint density at radius 2 is 1.96 bits per heavy atom. The van der Waals surface area contributed by atoms with Crippen molar-refractivity contribution in [1.82, 2.24) is 0 Å². The molecule has 24 heavy (non-hydrogen) atoms. The third-order valence-corrected chi connectivity index (χ3v) is 4.04. The summed E-state index contributed by atoms with van der Waals surface area (Å²) in [6.45, 7) is 3.58. The highest BCUT2D eigenvalue weighted by Gasteiger charge is 2.38. The Morgan fingerprint density at radius 1 is 1.21 bits per heavy atom. The number of nitrogen functional groups attached to an aromatic ring is 1. The number of benzene rings is 2. The van der Waals surface area contributed by atoms with Gasteiger partial charge >= 0.3 is 0 Å². The van der Waals surface area contributed by atoms with Gasteiger partial charge in [0.15, 0.2) is 11.9 Å². The zero-order valence-electron chi connectivity index (χ0n) is 13.6. The molecule has 2 aromatic carbocycles. The van der Waals surface area contributed by atoms with E-state index in [2.05, 4.69) is 10.3 Å². The van der Waals surface area contributed by atoms with Crippen molar-refractivity contribution in [3.8, 4) is 0 Å². The Kier molecular flexibility index (Phi) is 4.08. The predicted molar refractivity (Wildman–Crippen MR) is 96.6 cm³/mol. The van der Waals surface area contributed by atoms with E-state index < -0.39 is 5.60 Å². The number of hydrogen-bond acceptors (Lipinski definition) is 4. The van der Waals surface area contributed by atoms with Crippen LogP contribution in [-0.4, -0.2) is 12.3 Å². The molecular formula is C19H19N3O2. The van der Waals surface area contributed by atoms with Crippen molar-refractivity contribution in [2.45, 2.75) is 19.4 Å². The summed E-state index contributed by atoms with van der Waals surface area (Å²) in [5, 5.41) is 3.10. The van der Waals surface area contributed by atoms with Crippen LogP contribution in [0.1, 0.15) is 23.6 Å². The van der Waals surface area contributed by atoms with E-state index in [1.165, 1.54) is 0 Å². The van der Waals surface area contributed by atoms with Gasteiger partial charge in [-0.25, -0.2) is 4.99 Å². The van der Waals surface area contributed by atoms with Crippen molar-refractivity contribution in [3.63, 3.8) is 0 Å². The number of carbonyl (C=O) groups excluding carboxylic acids is 1. The van der Waals surface area contributed by atoms with Crippen molar-refractivity contribution in [1.29, 1.82) is 0 Å². The zero-order chi connectivity index (χ0) is 17.2. The number of ether oxygens (including phenoxy) is 1. The number of amidine groups is 1. The molecule has 0 saturated carbocycles. The van der Waals surface area contributed by atoms with Crippen LogP contribution in [0, 0.1) is 6.92 Å². The van der Waals surface area contributed by atoms with E-state index in [0.29, 0.717) is 5.69 Å². The Labute approximate surface area is 140 Å². The maximum atomic E-state index is 11.7. The first-order chi connectivity index (χ1) is 11.5. The average Bonchev–Trinajstić information content (AvgIpc) is 2.59. The molecule has 0 radical (unpaired) electrons. The van der Waals surface area contributed by atoms with Crippen LogP contribution in [0.4, 0.5) is 11.4 Å². The number of anilines is 2. The highest BCUT2D eigenvalue weighted by Crippen LogP contribution is 2.38. The standard InChI is InChI=1S/C19H19N3O2/c1-13-15(20)8-9-16-17(13)19(2,12-23)24-18(22-16)21-11-10-14-6-4-3-5-7-14/h3-12H,20H2,1-2H3,(H,21,22). The Balaban J connectivity index is 1.94. The molecule has 0 spiro atoms. The van der Waals surface area contributed by atoms with Gasteiger partial charge in [-0.3, -0.25) is 4.79 Å². The number of carbonyl (C=O) groups is 1. The first-order valence-electron chi connectivity index (χ1n) is 7.65.